The van der Waals surface area contributed by atoms with Gasteiger partial charge in [-0.25, -0.2) is 9.18 Å². The molecule has 0 saturated heterocycles. The lowest BCUT2D eigenvalue weighted by Crippen LogP contribution is -2.36. The zero-order valence-corrected chi connectivity index (χ0v) is 10.4. The summed E-state index contributed by atoms with van der Waals surface area (Å²) in [6.45, 7) is 7.47. The molecule has 1 rings (SSSR count). The number of hydrogen-bond donors (Lipinski definition) is 0. The van der Waals surface area contributed by atoms with Gasteiger partial charge in [0, 0.05) is 0 Å². The number of hydrogen-bond acceptors (Lipinski definition) is 3. The molecule has 0 saturated carbocycles. The third-order valence-corrected chi connectivity index (χ3v) is 2.68. The van der Waals surface area contributed by atoms with Crippen LogP contribution in [-0.4, -0.2) is 30.2 Å². The van der Waals surface area contributed by atoms with E-state index in [1.54, 1.807) is 0 Å². The number of nitrogens with zero attached hydrogens (tertiary/aromatic N) is 1. The van der Waals surface area contributed by atoms with Crippen LogP contribution in [-0.2, 0) is 4.74 Å². The molecule has 0 aliphatic carbocycles. The summed E-state index contributed by atoms with van der Waals surface area (Å²) in [4.78, 5) is 13.7. The normalized spacial score (nSPS) is 12.5. The Bertz CT molecular complexity index is 360. The average Bonchev–Trinajstić information content (AvgIpc) is 2.31. The van der Waals surface area contributed by atoms with Gasteiger partial charge in [-0.15, -0.1) is 0 Å². The molecule has 17 heavy (non-hydrogen) atoms. The first-order valence-electron chi connectivity index (χ1n) is 5.79. The highest BCUT2D eigenvalue weighted by Crippen LogP contribution is 2.08. The Balaban J connectivity index is 2.62. The van der Waals surface area contributed by atoms with Crippen molar-refractivity contribution in [1.29, 1.82) is 0 Å². The maximum absolute atomic E-state index is 12.7. The van der Waals surface area contributed by atoms with E-state index in [4.69, 9.17) is 4.74 Å². The largest absolute Gasteiger partial charge is 0.443 e. The van der Waals surface area contributed by atoms with Gasteiger partial charge in [0.15, 0.2) is 6.23 Å². The van der Waals surface area contributed by atoms with Crippen molar-refractivity contribution in [2.24, 2.45) is 0 Å². The molecule has 0 spiro atoms. The van der Waals surface area contributed by atoms with Gasteiger partial charge < -0.3 is 4.74 Å². The minimum Gasteiger partial charge on any atom is -0.443 e. The van der Waals surface area contributed by atoms with Crippen molar-refractivity contribution in [2.45, 2.75) is 27.0 Å². The second kappa shape index (κ2) is 6.35. The van der Waals surface area contributed by atoms with Gasteiger partial charge in [0.1, 0.15) is 5.82 Å². The number of rotatable bonds is 5. The van der Waals surface area contributed by atoms with Crippen molar-refractivity contribution >= 4 is 5.97 Å². The van der Waals surface area contributed by atoms with Crippen molar-refractivity contribution in [1.82, 2.24) is 4.90 Å². The summed E-state index contributed by atoms with van der Waals surface area (Å²) in [6.07, 6.45) is -0.275. The van der Waals surface area contributed by atoms with Crippen LogP contribution in [0.1, 0.15) is 31.1 Å². The Kier molecular flexibility index (Phi) is 5.10. The zero-order valence-electron chi connectivity index (χ0n) is 10.4. The molecule has 0 bridgehead atoms. The Labute approximate surface area is 101 Å². The van der Waals surface area contributed by atoms with E-state index in [0.29, 0.717) is 5.56 Å². The fraction of sp³-hybridized carbons (Fsp3) is 0.462. The average molecular weight is 239 g/mol. The number of carbonyl (C=O) groups is 1. The Morgan fingerprint density at radius 1 is 1.29 bits per heavy atom. The van der Waals surface area contributed by atoms with Crippen LogP contribution in [0.25, 0.3) is 0 Å². The molecule has 0 amide bonds. The molecule has 1 aromatic rings. The van der Waals surface area contributed by atoms with Gasteiger partial charge in [0.25, 0.3) is 0 Å². The molecule has 0 aliphatic rings. The van der Waals surface area contributed by atoms with Crippen LogP contribution in [0, 0.1) is 5.82 Å². The molecule has 3 nitrogen and oxygen atoms in total. The third-order valence-electron chi connectivity index (χ3n) is 2.68. The lowest BCUT2D eigenvalue weighted by molar-refractivity contribution is -0.0197. The predicted molar refractivity (Wildman–Crippen MR) is 64.2 cm³/mol. The molecular formula is C13H18FNO2. The first kappa shape index (κ1) is 13.6. The van der Waals surface area contributed by atoms with E-state index in [-0.39, 0.29) is 12.0 Å². The fourth-order valence-electron chi connectivity index (χ4n) is 1.62. The Morgan fingerprint density at radius 2 is 1.82 bits per heavy atom. The van der Waals surface area contributed by atoms with E-state index in [9.17, 15) is 9.18 Å². The molecule has 0 aromatic heterocycles. The van der Waals surface area contributed by atoms with Crippen LogP contribution < -0.4 is 0 Å². The summed E-state index contributed by atoms with van der Waals surface area (Å²) < 4.78 is 18.0. The van der Waals surface area contributed by atoms with E-state index < -0.39 is 5.97 Å². The van der Waals surface area contributed by atoms with Crippen molar-refractivity contribution in [3.8, 4) is 0 Å². The molecule has 1 unspecified atom stereocenters. The number of benzene rings is 1. The van der Waals surface area contributed by atoms with Gasteiger partial charge in [-0.1, -0.05) is 13.8 Å². The van der Waals surface area contributed by atoms with Gasteiger partial charge in [0.05, 0.1) is 5.56 Å². The Morgan fingerprint density at radius 3 is 2.29 bits per heavy atom. The fourth-order valence-corrected chi connectivity index (χ4v) is 1.62. The van der Waals surface area contributed by atoms with Crippen LogP contribution in [0.4, 0.5) is 4.39 Å². The van der Waals surface area contributed by atoms with Crippen molar-refractivity contribution in [3.05, 3.63) is 35.6 Å². The number of esters is 1. The summed E-state index contributed by atoms with van der Waals surface area (Å²) in [5, 5.41) is 0. The zero-order chi connectivity index (χ0) is 12.8. The topological polar surface area (TPSA) is 29.5 Å². The van der Waals surface area contributed by atoms with Gasteiger partial charge >= 0.3 is 5.97 Å². The first-order chi connectivity index (χ1) is 8.08. The van der Waals surface area contributed by atoms with Crippen LogP contribution in [0.2, 0.25) is 0 Å². The molecule has 1 atom stereocenters. The van der Waals surface area contributed by atoms with Crippen LogP contribution in [0.5, 0.6) is 0 Å². The molecule has 0 aliphatic heterocycles. The summed E-state index contributed by atoms with van der Waals surface area (Å²) >= 11 is 0. The van der Waals surface area contributed by atoms with Crippen LogP contribution in [0.3, 0.4) is 0 Å². The highest BCUT2D eigenvalue weighted by Gasteiger charge is 2.16. The monoisotopic (exact) mass is 239 g/mol. The smallest absolute Gasteiger partial charge is 0.339 e. The van der Waals surface area contributed by atoms with E-state index in [1.165, 1.54) is 24.3 Å². The summed E-state index contributed by atoms with van der Waals surface area (Å²) in [5.41, 5.74) is 0.366. The SMILES string of the molecule is CCN(CC)C(C)OC(=O)c1ccc(F)cc1. The summed E-state index contributed by atoms with van der Waals surface area (Å²) in [5.74, 6) is -0.789. The van der Waals surface area contributed by atoms with Crippen LogP contribution in [0.15, 0.2) is 24.3 Å². The lowest BCUT2D eigenvalue weighted by Gasteiger charge is -2.25. The molecule has 4 heteroatoms. The van der Waals surface area contributed by atoms with E-state index in [2.05, 4.69) is 0 Å². The molecule has 0 heterocycles. The van der Waals surface area contributed by atoms with Gasteiger partial charge in [-0.2, -0.15) is 0 Å². The van der Waals surface area contributed by atoms with Crippen molar-refractivity contribution < 1.29 is 13.9 Å². The van der Waals surface area contributed by atoms with Crippen molar-refractivity contribution in [3.63, 3.8) is 0 Å². The molecular weight excluding hydrogens is 221 g/mol. The lowest BCUT2D eigenvalue weighted by atomic mass is 10.2. The van der Waals surface area contributed by atoms with E-state index >= 15 is 0 Å². The molecule has 94 valence electrons. The second-order valence-electron chi connectivity index (χ2n) is 3.73. The maximum Gasteiger partial charge on any atom is 0.339 e. The minimum atomic E-state index is -0.426. The summed E-state index contributed by atoms with van der Waals surface area (Å²) in [6, 6.07) is 5.34. The second-order valence-corrected chi connectivity index (χ2v) is 3.73. The molecule has 0 N–H and O–H groups in total. The third kappa shape index (κ3) is 3.82. The number of ether oxygens (including phenoxy) is 1. The number of carbonyl (C=O) groups excluding carboxylic acids is 1. The first-order valence-corrected chi connectivity index (χ1v) is 5.79. The van der Waals surface area contributed by atoms with Gasteiger partial charge in [0.2, 0.25) is 0 Å². The van der Waals surface area contributed by atoms with Gasteiger partial charge in [-0.05, 0) is 44.3 Å². The molecule has 0 radical (unpaired) electrons. The highest BCUT2D eigenvalue weighted by molar-refractivity contribution is 5.89. The van der Waals surface area contributed by atoms with E-state index in [1.807, 2.05) is 25.7 Å². The quantitative estimate of drug-likeness (QED) is 0.584. The van der Waals surface area contributed by atoms with Gasteiger partial charge in [-0.3, -0.25) is 4.90 Å². The van der Waals surface area contributed by atoms with E-state index in [0.717, 1.165) is 13.1 Å². The number of halogens is 1. The molecule has 1 aromatic carbocycles. The van der Waals surface area contributed by atoms with Crippen LogP contribution >= 0.6 is 0 Å². The minimum absolute atomic E-state index is 0.275. The predicted octanol–water partition coefficient (Wildman–Crippen LogP) is 2.67. The maximum atomic E-state index is 12.7. The standard InChI is InChI=1S/C13H18FNO2/c1-4-15(5-2)10(3)17-13(16)11-6-8-12(14)9-7-11/h6-10H,4-5H2,1-3H3. The molecule has 0 fully saturated rings. The highest BCUT2D eigenvalue weighted by atomic mass is 19.1. The Hall–Kier alpha value is -1.42. The van der Waals surface area contributed by atoms with Crippen molar-refractivity contribution in [2.75, 3.05) is 13.1 Å². The summed E-state index contributed by atoms with van der Waals surface area (Å²) in [7, 11) is 0.